The minimum atomic E-state index is -2.05. The van der Waals surface area contributed by atoms with Gasteiger partial charge in [0.1, 0.15) is 0 Å². The molecule has 0 spiro atoms. The van der Waals surface area contributed by atoms with Crippen molar-refractivity contribution in [2.45, 2.75) is 5.60 Å². The average molecular weight is 296 g/mol. The monoisotopic (exact) mass is 296 g/mol. The molecule has 5 heteroatoms. The molecule has 0 radical (unpaired) electrons. The number of hydrogen-bond donors (Lipinski definition) is 2. The number of aliphatic hydroxyl groups is 1. The fraction of sp³-hybridized carbons (Fsp3) is 0.0588. The van der Waals surface area contributed by atoms with Crippen molar-refractivity contribution in [1.29, 1.82) is 0 Å². The van der Waals surface area contributed by atoms with E-state index in [4.69, 9.17) is 4.74 Å². The molecule has 1 atom stereocenters. The molecular weight excluding hydrogens is 284 g/mol. The van der Waals surface area contributed by atoms with Crippen molar-refractivity contribution in [3.05, 3.63) is 77.5 Å². The van der Waals surface area contributed by atoms with Crippen LogP contribution in [0.15, 0.2) is 66.4 Å². The number of aliphatic carboxylic acids is 1. The van der Waals surface area contributed by atoms with Gasteiger partial charge in [-0.1, -0.05) is 60.7 Å². The predicted molar refractivity (Wildman–Crippen MR) is 77.8 cm³/mol. The summed E-state index contributed by atoms with van der Waals surface area (Å²) in [6.07, 6.45) is 0. The largest absolute Gasteiger partial charge is 0.501 e. The van der Waals surface area contributed by atoms with Crippen molar-refractivity contribution in [3.8, 4) is 0 Å². The van der Waals surface area contributed by atoms with Crippen molar-refractivity contribution in [2.75, 3.05) is 0 Å². The highest BCUT2D eigenvalue weighted by atomic mass is 16.6. The summed E-state index contributed by atoms with van der Waals surface area (Å²) in [5.41, 5.74) is -1.43. The summed E-state index contributed by atoms with van der Waals surface area (Å²) < 4.78 is 5.11. The SMILES string of the molecule is O=C1OC(C(=O)O)(c2ccccc2)C(c2ccccc2)=C1O. The molecule has 0 saturated heterocycles. The molecule has 1 aliphatic heterocycles. The maximum Gasteiger partial charge on any atom is 0.375 e. The average Bonchev–Trinajstić information content (AvgIpc) is 2.82. The number of esters is 1. The van der Waals surface area contributed by atoms with Gasteiger partial charge in [0.05, 0.1) is 5.57 Å². The van der Waals surface area contributed by atoms with Gasteiger partial charge in [-0.15, -0.1) is 0 Å². The number of cyclic esters (lactones) is 1. The van der Waals surface area contributed by atoms with Crippen molar-refractivity contribution in [2.24, 2.45) is 0 Å². The number of ether oxygens (including phenoxy) is 1. The van der Waals surface area contributed by atoms with Crippen LogP contribution in [0.25, 0.3) is 5.57 Å². The first kappa shape index (κ1) is 13.9. The fourth-order valence-electron chi connectivity index (χ4n) is 2.60. The Morgan fingerprint density at radius 2 is 1.50 bits per heavy atom. The Morgan fingerprint density at radius 1 is 0.955 bits per heavy atom. The summed E-state index contributed by atoms with van der Waals surface area (Å²) in [5.74, 6) is -3.10. The summed E-state index contributed by atoms with van der Waals surface area (Å²) in [6, 6.07) is 16.5. The highest BCUT2D eigenvalue weighted by molar-refractivity contribution is 6.11. The smallest absolute Gasteiger partial charge is 0.375 e. The molecule has 5 nitrogen and oxygen atoms in total. The third-order valence-electron chi connectivity index (χ3n) is 3.57. The maximum absolute atomic E-state index is 12.0. The van der Waals surface area contributed by atoms with Gasteiger partial charge >= 0.3 is 11.9 Å². The van der Waals surface area contributed by atoms with Crippen LogP contribution in [0.3, 0.4) is 0 Å². The van der Waals surface area contributed by atoms with E-state index in [2.05, 4.69) is 0 Å². The fourth-order valence-corrected chi connectivity index (χ4v) is 2.60. The predicted octanol–water partition coefficient (Wildman–Crippen LogP) is 2.49. The molecule has 0 aromatic heterocycles. The van der Waals surface area contributed by atoms with E-state index in [0.717, 1.165) is 0 Å². The van der Waals surface area contributed by atoms with E-state index in [1.165, 1.54) is 0 Å². The van der Waals surface area contributed by atoms with Gasteiger partial charge in [0.15, 0.2) is 0 Å². The summed E-state index contributed by atoms with van der Waals surface area (Å²) in [6.45, 7) is 0. The van der Waals surface area contributed by atoms with Gasteiger partial charge in [0, 0.05) is 5.56 Å². The number of carbonyl (C=O) groups excluding carboxylic acids is 1. The highest BCUT2D eigenvalue weighted by Crippen LogP contribution is 2.46. The Hall–Kier alpha value is -3.08. The Bertz CT molecular complexity index is 764. The first-order valence-corrected chi connectivity index (χ1v) is 6.59. The molecule has 110 valence electrons. The van der Waals surface area contributed by atoms with Gasteiger partial charge in [-0.25, -0.2) is 9.59 Å². The molecule has 3 rings (SSSR count). The summed E-state index contributed by atoms with van der Waals surface area (Å²) in [4.78, 5) is 23.8. The lowest BCUT2D eigenvalue weighted by atomic mass is 9.82. The second-order valence-electron chi connectivity index (χ2n) is 4.83. The van der Waals surface area contributed by atoms with Crippen LogP contribution < -0.4 is 0 Å². The lowest BCUT2D eigenvalue weighted by molar-refractivity contribution is -0.168. The minimum Gasteiger partial charge on any atom is -0.501 e. The molecule has 0 aliphatic carbocycles. The standard InChI is InChI=1S/C17H12O5/c18-14-13(11-7-3-1-4-8-11)17(16(20)21,22-15(14)19)12-9-5-2-6-10-12/h1-10,18H,(H,20,21). The normalized spacial score (nSPS) is 20.8. The van der Waals surface area contributed by atoms with Crippen LogP contribution in [-0.4, -0.2) is 22.2 Å². The second-order valence-corrected chi connectivity index (χ2v) is 4.83. The molecule has 1 heterocycles. The lowest BCUT2D eigenvalue weighted by Crippen LogP contribution is -2.37. The number of aliphatic hydroxyl groups excluding tert-OH is 1. The molecule has 0 amide bonds. The van der Waals surface area contributed by atoms with Gasteiger partial charge < -0.3 is 14.9 Å². The van der Waals surface area contributed by atoms with Crippen LogP contribution in [0.1, 0.15) is 11.1 Å². The summed E-state index contributed by atoms with van der Waals surface area (Å²) in [7, 11) is 0. The number of hydrogen-bond acceptors (Lipinski definition) is 4. The zero-order chi connectivity index (χ0) is 15.7. The molecule has 0 fully saturated rings. The van der Waals surface area contributed by atoms with Gasteiger partial charge in [0.25, 0.3) is 5.60 Å². The van der Waals surface area contributed by atoms with E-state index in [9.17, 15) is 19.8 Å². The number of benzene rings is 2. The topological polar surface area (TPSA) is 83.8 Å². The molecular formula is C17H12O5. The van der Waals surface area contributed by atoms with Crippen molar-refractivity contribution in [3.63, 3.8) is 0 Å². The van der Waals surface area contributed by atoms with Crippen LogP contribution >= 0.6 is 0 Å². The van der Waals surface area contributed by atoms with E-state index in [1.54, 1.807) is 60.7 Å². The van der Waals surface area contributed by atoms with Crippen molar-refractivity contribution < 1.29 is 24.5 Å². The summed E-state index contributed by atoms with van der Waals surface area (Å²) >= 11 is 0. The van der Waals surface area contributed by atoms with Crippen LogP contribution in [-0.2, 0) is 19.9 Å². The number of carboxylic acids is 1. The molecule has 2 N–H and O–H groups in total. The van der Waals surface area contributed by atoms with E-state index in [-0.39, 0.29) is 11.1 Å². The first-order valence-electron chi connectivity index (χ1n) is 6.59. The zero-order valence-corrected chi connectivity index (χ0v) is 11.4. The molecule has 0 saturated carbocycles. The molecule has 2 aromatic carbocycles. The van der Waals surface area contributed by atoms with Crippen LogP contribution in [0.4, 0.5) is 0 Å². The molecule has 1 unspecified atom stereocenters. The zero-order valence-electron chi connectivity index (χ0n) is 11.4. The first-order chi connectivity index (χ1) is 10.6. The molecule has 22 heavy (non-hydrogen) atoms. The molecule has 2 aromatic rings. The minimum absolute atomic E-state index is 0.0585. The Morgan fingerprint density at radius 3 is 2.05 bits per heavy atom. The molecule has 1 aliphatic rings. The van der Waals surface area contributed by atoms with Gasteiger partial charge in [0.2, 0.25) is 5.76 Å². The van der Waals surface area contributed by atoms with Crippen LogP contribution in [0.5, 0.6) is 0 Å². The van der Waals surface area contributed by atoms with E-state index in [0.29, 0.717) is 5.56 Å². The molecule has 0 bridgehead atoms. The van der Waals surface area contributed by atoms with Gasteiger partial charge in [-0.3, -0.25) is 0 Å². The Kier molecular flexibility index (Phi) is 3.18. The van der Waals surface area contributed by atoms with Crippen LogP contribution in [0.2, 0.25) is 0 Å². The van der Waals surface area contributed by atoms with Gasteiger partial charge in [-0.2, -0.15) is 0 Å². The van der Waals surface area contributed by atoms with Gasteiger partial charge in [-0.05, 0) is 5.56 Å². The quantitative estimate of drug-likeness (QED) is 0.850. The Balaban J connectivity index is 2.31. The number of rotatable bonds is 3. The van der Waals surface area contributed by atoms with Crippen LogP contribution in [0, 0.1) is 0 Å². The lowest BCUT2D eigenvalue weighted by Gasteiger charge is -2.26. The Labute approximate surface area is 126 Å². The third kappa shape index (κ3) is 1.87. The van der Waals surface area contributed by atoms with E-state index >= 15 is 0 Å². The van der Waals surface area contributed by atoms with E-state index < -0.39 is 23.3 Å². The van der Waals surface area contributed by atoms with Crippen molar-refractivity contribution >= 4 is 17.5 Å². The number of carboxylic acid groups (broad SMARTS) is 1. The highest BCUT2D eigenvalue weighted by Gasteiger charge is 2.56. The second kappa shape index (κ2) is 5.04. The number of carbonyl (C=O) groups is 2. The van der Waals surface area contributed by atoms with Crippen molar-refractivity contribution in [1.82, 2.24) is 0 Å². The summed E-state index contributed by atoms with van der Waals surface area (Å²) in [5, 5.41) is 19.9. The third-order valence-corrected chi connectivity index (χ3v) is 3.57. The maximum atomic E-state index is 12.0. The van der Waals surface area contributed by atoms with E-state index in [1.807, 2.05) is 0 Å².